The predicted octanol–water partition coefficient (Wildman–Crippen LogP) is 4.26. The summed E-state index contributed by atoms with van der Waals surface area (Å²) in [6.45, 7) is 1.83. The third-order valence-electron chi connectivity index (χ3n) is 5.85. The molecule has 1 aliphatic heterocycles. The third-order valence-corrected chi connectivity index (χ3v) is 6.38. The summed E-state index contributed by atoms with van der Waals surface area (Å²) in [6.07, 6.45) is 2.83. The Hall–Kier alpha value is -3.33. The number of rotatable bonds is 5. The van der Waals surface area contributed by atoms with E-state index in [9.17, 15) is 24.5 Å². The molecule has 0 unspecified atom stereocenters. The average molecular weight is 498 g/mol. The van der Waals surface area contributed by atoms with Gasteiger partial charge in [0.1, 0.15) is 5.56 Å². The van der Waals surface area contributed by atoms with Crippen molar-refractivity contribution < 1.29 is 19.3 Å². The first-order chi connectivity index (χ1) is 15.3. The van der Waals surface area contributed by atoms with Crippen molar-refractivity contribution in [2.24, 2.45) is 11.8 Å². The fourth-order valence-electron chi connectivity index (χ4n) is 4.21. The van der Waals surface area contributed by atoms with Crippen LogP contribution in [-0.2, 0) is 16.1 Å². The Bertz CT molecular complexity index is 1140. The first-order valence-corrected chi connectivity index (χ1v) is 10.9. The van der Waals surface area contributed by atoms with E-state index in [1.165, 1.54) is 24.3 Å². The van der Waals surface area contributed by atoms with Gasteiger partial charge in [0.2, 0.25) is 0 Å². The molecule has 0 saturated carbocycles. The fourth-order valence-corrected chi connectivity index (χ4v) is 4.47. The first-order valence-electron chi connectivity index (χ1n) is 10.1. The highest BCUT2D eigenvalue weighted by molar-refractivity contribution is 9.10. The standard InChI is InChI=1S/C23H20BrN3O5/c1-14-6-11-17-19(12-14)23(30)26(22(17)29)25(13-15-7-9-16(24)10-8-15)21(28)18-4-2-3-5-20(18)27(31)32/h2-10,17,19H,11-13H2,1H3/t17-,19-/m1/s1. The minimum absolute atomic E-state index is 0.0819. The van der Waals surface area contributed by atoms with Crippen LogP contribution < -0.4 is 0 Å². The second-order valence-corrected chi connectivity index (χ2v) is 8.87. The summed E-state index contributed by atoms with van der Waals surface area (Å²) in [5.74, 6) is -2.73. The lowest BCUT2D eigenvalue weighted by molar-refractivity contribution is -0.385. The Morgan fingerprint density at radius 1 is 1.12 bits per heavy atom. The van der Waals surface area contributed by atoms with Crippen molar-refractivity contribution in [2.45, 2.75) is 26.3 Å². The van der Waals surface area contributed by atoms with Crippen LogP contribution in [-0.4, -0.2) is 32.7 Å². The van der Waals surface area contributed by atoms with Crippen molar-refractivity contribution in [3.05, 3.63) is 85.9 Å². The number of para-hydroxylation sites is 1. The number of carbonyl (C=O) groups excluding carboxylic acids is 3. The lowest BCUT2D eigenvalue weighted by Gasteiger charge is -2.30. The highest BCUT2D eigenvalue weighted by Gasteiger charge is 2.51. The van der Waals surface area contributed by atoms with Crippen molar-refractivity contribution >= 4 is 39.3 Å². The van der Waals surface area contributed by atoms with Crippen molar-refractivity contribution in [3.8, 4) is 0 Å². The van der Waals surface area contributed by atoms with E-state index in [2.05, 4.69) is 15.9 Å². The molecule has 3 amide bonds. The molecule has 0 bridgehead atoms. The van der Waals surface area contributed by atoms with Gasteiger partial charge in [0.25, 0.3) is 23.4 Å². The van der Waals surface area contributed by atoms with E-state index >= 15 is 0 Å². The predicted molar refractivity (Wildman–Crippen MR) is 119 cm³/mol. The first kappa shape index (κ1) is 21.9. The molecule has 164 valence electrons. The summed E-state index contributed by atoms with van der Waals surface area (Å²) in [5.41, 5.74) is 1.13. The number of carbonyl (C=O) groups is 3. The molecule has 2 aliphatic rings. The van der Waals surface area contributed by atoms with E-state index in [4.69, 9.17) is 0 Å². The third kappa shape index (κ3) is 3.95. The van der Waals surface area contributed by atoms with Crippen LogP contribution in [0.5, 0.6) is 0 Å². The van der Waals surface area contributed by atoms with Crippen molar-refractivity contribution in [1.29, 1.82) is 0 Å². The van der Waals surface area contributed by atoms with Crippen LogP contribution in [0.4, 0.5) is 5.69 Å². The number of hydrazine groups is 1. The number of fused-ring (bicyclic) bond motifs is 1. The number of nitro benzene ring substituents is 1. The second-order valence-electron chi connectivity index (χ2n) is 7.96. The van der Waals surface area contributed by atoms with Crippen LogP contribution in [0.15, 0.2) is 64.7 Å². The van der Waals surface area contributed by atoms with Gasteiger partial charge in [-0.2, -0.15) is 5.01 Å². The molecule has 0 N–H and O–H groups in total. The van der Waals surface area contributed by atoms with Crippen LogP contribution in [0, 0.1) is 22.0 Å². The molecule has 0 radical (unpaired) electrons. The van der Waals surface area contributed by atoms with Gasteiger partial charge >= 0.3 is 0 Å². The van der Waals surface area contributed by atoms with Crippen LogP contribution in [0.25, 0.3) is 0 Å². The van der Waals surface area contributed by atoms with Gasteiger partial charge in [-0.1, -0.05) is 51.8 Å². The van der Waals surface area contributed by atoms with Crippen LogP contribution in [0.3, 0.4) is 0 Å². The molecular formula is C23H20BrN3O5. The number of amides is 3. The zero-order valence-electron chi connectivity index (χ0n) is 17.2. The molecule has 8 nitrogen and oxygen atoms in total. The van der Waals surface area contributed by atoms with E-state index in [1.807, 2.05) is 13.0 Å². The molecule has 0 spiro atoms. The quantitative estimate of drug-likeness (QED) is 0.266. The van der Waals surface area contributed by atoms with E-state index in [0.717, 1.165) is 20.1 Å². The fraction of sp³-hybridized carbons (Fsp3) is 0.261. The Balaban J connectivity index is 1.76. The largest absolute Gasteiger partial charge is 0.282 e. The lowest BCUT2D eigenvalue weighted by Crippen LogP contribution is -2.50. The maximum atomic E-state index is 13.5. The van der Waals surface area contributed by atoms with Gasteiger partial charge in [-0.05, 0) is 43.5 Å². The van der Waals surface area contributed by atoms with Gasteiger partial charge < -0.3 is 0 Å². The smallest absolute Gasteiger partial charge is 0.272 e. The minimum Gasteiger partial charge on any atom is -0.272 e. The van der Waals surface area contributed by atoms with Crippen molar-refractivity contribution in [3.63, 3.8) is 0 Å². The molecule has 1 saturated heterocycles. The summed E-state index contributed by atoms with van der Waals surface area (Å²) in [6, 6.07) is 12.6. The SMILES string of the molecule is CC1=CC[C@H]2C(=O)N(N(Cc3ccc(Br)cc3)C(=O)c3ccccc3[N+](=O)[O-])C(=O)[C@@H]2C1. The van der Waals surface area contributed by atoms with Gasteiger partial charge in [0, 0.05) is 10.5 Å². The molecule has 4 rings (SSSR count). The molecule has 0 aromatic heterocycles. The topological polar surface area (TPSA) is 101 Å². The number of benzene rings is 2. The van der Waals surface area contributed by atoms with E-state index in [0.29, 0.717) is 18.4 Å². The normalized spacial score (nSPS) is 20.1. The van der Waals surface area contributed by atoms with Crippen LogP contribution in [0.2, 0.25) is 0 Å². The summed E-state index contributed by atoms with van der Waals surface area (Å²) in [5, 5.41) is 13.5. The molecule has 1 aliphatic carbocycles. The molecule has 2 atom stereocenters. The number of nitrogens with zero attached hydrogens (tertiary/aromatic N) is 3. The summed E-state index contributed by atoms with van der Waals surface area (Å²) >= 11 is 3.36. The zero-order valence-corrected chi connectivity index (χ0v) is 18.8. The molecule has 32 heavy (non-hydrogen) atoms. The Labute approximate surface area is 192 Å². The molecule has 2 aromatic carbocycles. The monoisotopic (exact) mass is 497 g/mol. The van der Waals surface area contributed by atoms with Gasteiger partial charge in [-0.3, -0.25) is 24.5 Å². The summed E-state index contributed by atoms with van der Waals surface area (Å²) in [4.78, 5) is 50.9. The van der Waals surface area contributed by atoms with Gasteiger partial charge in [-0.15, -0.1) is 0 Å². The molecule has 9 heteroatoms. The number of halogens is 1. The molecular weight excluding hydrogens is 478 g/mol. The Morgan fingerprint density at radius 2 is 1.78 bits per heavy atom. The summed E-state index contributed by atoms with van der Waals surface area (Å²) in [7, 11) is 0. The second kappa shape index (κ2) is 8.66. The Kier molecular flexibility index (Phi) is 5.92. The Morgan fingerprint density at radius 3 is 2.47 bits per heavy atom. The summed E-state index contributed by atoms with van der Waals surface area (Å²) < 4.78 is 0.832. The maximum Gasteiger partial charge on any atom is 0.282 e. The number of nitro groups is 1. The van der Waals surface area contributed by atoms with Crippen molar-refractivity contribution in [1.82, 2.24) is 10.0 Å². The maximum absolute atomic E-state index is 13.5. The van der Waals surface area contributed by atoms with E-state index in [-0.39, 0.29) is 17.8 Å². The number of allylic oxidation sites excluding steroid dienone is 2. The lowest BCUT2D eigenvalue weighted by atomic mass is 9.82. The average Bonchev–Trinajstić information content (AvgIpc) is 3.02. The van der Waals surface area contributed by atoms with Gasteiger partial charge in [0.05, 0.1) is 23.3 Å². The molecule has 2 aromatic rings. The van der Waals surface area contributed by atoms with Gasteiger partial charge in [-0.25, -0.2) is 5.01 Å². The van der Waals surface area contributed by atoms with Crippen molar-refractivity contribution in [2.75, 3.05) is 0 Å². The molecule has 1 heterocycles. The highest BCUT2D eigenvalue weighted by atomic mass is 79.9. The number of imide groups is 1. The zero-order chi connectivity index (χ0) is 23.0. The number of hydrogen-bond acceptors (Lipinski definition) is 5. The van der Waals surface area contributed by atoms with Gasteiger partial charge in [0.15, 0.2) is 0 Å². The minimum atomic E-state index is -0.773. The molecule has 1 fully saturated rings. The van der Waals surface area contributed by atoms with Crippen LogP contribution >= 0.6 is 15.9 Å². The van der Waals surface area contributed by atoms with E-state index < -0.39 is 34.5 Å². The number of hydrogen-bond donors (Lipinski definition) is 0. The highest BCUT2D eigenvalue weighted by Crippen LogP contribution is 2.39. The van der Waals surface area contributed by atoms with E-state index in [1.54, 1.807) is 24.3 Å². The van der Waals surface area contributed by atoms with Crippen LogP contribution in [0.1, 0.15) is 35.7 Å².